The monoisotopic (exact) mass is 397 g/mol. The molecule has 0 spiro atoms. The Hall–Kier alpha value is -3.68. The van der Waals surface area contributed by atoms with Gasteiger partial charge < -0.3 is 19.8 Å². The van der Waals surface area contributed by atoms with Gasteiger partial charge in [0, 0.05) is 48.4 Å². The lowest BCUT2D eigenvalue weighted by Gasteiger charge is -2.00. The van der Waals surface area contributed by atoms with Gasteiger partial charge in [-0.3, -0.25) is 4.79 Å². The van der Waals surface area contributed by atoms with E-state index in [1.165, 1.54) is 16.5 Å². The van der Waals surface area contributed by atoms with Crippen molar-refractivity contribution in [1.29, 1.82) is 0 Å². The van der Waals surface area contributed by atoms with Crippen molar-refractivity contribution >= 4 is 28.6 Å². The lowest BCUT2D eigenvalue weighted by molar-refractivity contribution is -0.134. The van der Waals surface area contributed by atoms with Gasteiger partial charge in [0.05, 0.1) is 18.4 Å². The van der Waals surface area contributed by atoms with Crippen molar-refractivity contribution in [1.82, 2.24) is 14.5 Å². The van der Waals surface area contributed by atoms with E-state index in [1.807, 2.05) is 14.0 Å². The Morgan fingerprint density at radius 1 is 1.10 bits per heavy atom. The summed E-state index contributed by atoms with van der Waals surface area (Å²) in [5, 5.41) is 16.8. The number of nitrogens with one attached hydrogen (secondary N) is 1. The molecule has 0 aliphatic heterocycles. The summed E-state index contributed by atoms with van der Waals surface area (Å²) in [5.74, 6) is -2.32. The van der Waals surface area contributed by atoms with Crippen molar-refractivity contribution in [3.8, 4) is 0 Å². The van der Waals surface area contributed by atoms with Crippen LogP contribution >= 0.6 is 0 Å². The van der Waals surface area contributed by atoms with Crippen LogP contribution in [0, 0.1) is 13.8 Å². The Morgan fingerprint density at radius 3 is 2.31 bits per heavy atom. The van der Waals surface area contributed by atoms with Crippen LogP contribution in [-0.4, -0.2) is 42.5 Å². The second kappa shape index (κ2) is 9.50. The molecule has 0 radical (unpaired) electrons. The number of carbonyl (C=O) groups excluding carboxylic acids is 1. The molecule has 8 nitrogen and oxygen atoms in total. The standard InChI is InChI=1S/C17H19N3O.C4H4O4/c1-11-4-5-17-15(6-11)13(9-20(17)3)7-14(21)8-16-12(2)18-10-19-16;5-3(6)1-2-4(7)8/h4-6,9-10H,7-8H2,1-3H3,(H,18,19);1-2H,(H,5,6)(H,7,8). The summed E-state index contributed by atoms with van der Waals surface area (Å²) in [7, 11) is 2.02. The number of ketones is 1. The molecule has 1 aromatic carbocycles. The van der Waals surface area contributed by atoms with Crippen LogP contribution in [0.5, 0.6) is 0 Å². The van der Waals surface area contributed by atoms with E-state index >= 15 is 0 Å². The molecule has 0 saturated heterocycles. The maximum absolute atomic E-state index is 12.3. The number of carboxylic acid groups (broad SMARTS) is 2. The first kappa shape index (κ1) is 21.6. The van der Waals surface area contributed by atoms with E-state index < -0.39 is 11.9 Å². The number of aliphatic carboxylic acids is 2. The topological polar surface area (TPSA) is 125 Å². The summed E-state index contributed by atoms with van der Waals surface area (Å²) in [6.07, 6.45) is 5.65. The van der Waals surface area contributed by atoms with E-state index in [9.17, 15) is 14.4 Å². The molecule has 0 aliphatic rings. The van der Waals surface area contributed by atoms with Gasteiger partial charge in [0.25, 0.3) is 0 Å². The van der Waals surface area contributed by atoms with Gasteiger partial charge >= 0.3 is 11.9 Å². The number of aryl methyl sites for hydroxylation is 3. The van der Waals surface area contributed by atoms with Crippen LogP contribution < -0.4 is 0 Å². The third-order valence-corrected chi connectivity index (χ3v) is 4.28. The van der Waals surface area contributed by atoms with Crippen molar-refractivity contribution in [3.63, 3.8) is 0 Å². The Balaban J connectivity index is 0.000000321. The summed E-state index contributed by atoms with van der Waals surface area (Å²) in [4.78, 5) is 38.6. The highest BCUT2D eigenvalue weighted by atomic mass is 16.4. The summed E-state index contributed by atoms with van der Waals surface area (Å²) in [5.41, 5.74) is 5.29. The highest BCUT2D eigenvalue weighted by molar-refractivity contribution is 5.91. The third kappa shape index (κ3) is 6.17. The molecule has 3 aromatic rings. The molecule has 29 heavy (non-hydrogen) atoms. The predicted octanol–water partition coefficient (Wildman–Crippen LogP) is 2.58. The van der Waals surface area contributed by atoms with E-state index in [2.05, 4.69) is 45.9 Å². The second-order valence-electron chi connectivity index (χ2n) is 6.66. The zero-order valence-corrected chi connectivity index (χ0v) is 16.5. The molecule has 8 heteroatoms. The zero-order chi connectivity index (χ0) is 21.6. The summed E-state index contributed by atoms with van der Waals surface area (Å²) < 4.78 is 2.08. The van der Waals surface area contributed by atoms with Gasteiger partial charge in [0.15, 0.2) is 0 Å². The van der Waals surface area contributed by atoms with Gasteiger partial charge in [0.2, 0.25) is 0 Å². The average molecular weight is 397 g/mol. The van der Waals surface area contributed by atoms with Crippen LogP contribution in [0.15, 0.2) is 42.9 Å². The number of carboxylic acids is 2. The molecular weight excluding hydrogens is 374 g/mol. The van der Waals surface area contributed by atoms with Gasteiger partial charge in [0.1, 0.15) is 5.78 Å². The maximum atomic E-state index is 12.3. The van der Waals surface area contributed by atoms with Crippen molar-refractivity contribution in [3.05, 3.63) is 65.4 Å². The fourth-order valence-corrected chi connectivity index (χ4v) is 2.90. The molecule has 2 heterocycles. The lowest BCUT2D eigenvalue weighted by Crippen LogP contribution is -2.07. The van der Waals surface area contributed by atoms with Crippen LogP contribution in [0.3, 0.4) is 0 Å². The highest BCUT2D eigenvalue weighted by Gasteiger charge is 2.13. The molecule has 0 bridgehead atoms. The number of aromatic amines is 1. The molecule has 3 rings (SSSR count). The quantitative estimate of drug-likeness (QED) is 0.549. The molecule has 0 aliphatic carbocycles. The number of H-pyrrole nitrogens is 1. The zero-order valence-electron chi connectivity index (χ0n) is 16.5. The fraction of sp³-hybridized carbons (Fsp3) is 0.238. The van der Waals surface area contributed by atoms with E-state index in [-0.39, 0.29) is 5.78 Å². The molecule has 152 valence electrons. The number of rotatable bonds is 6. The van der Waals surface area contributed by atoms with E-state index in [0.29, 0.717) is 25.0 Å². The SMILES string of the molecule is Cc1ccc2c(c1)c(CC(=O)Cc1nc[nH]c1C)cn2C.O=C(O)C=CC(=O)O. The van der Waals surface area contributed by atoms with Crippen LogP contribution in [0.4, 0.5) is 0 Å². The van der Waals surface area contributed by atoms with Gasteiger partial charge in [-0.05, 0) is 31.5 Å². The lowest BCUT2D eigenvalue weighted by atomic mass is 10.0. The fourth-order valence-electron chi connectivity index (χ4n) is 2.90. The Bertz CT molecular complexity index is 1060. The molecule has 0 unspecified atom stereocenters. The summed E-state index contributed by atoms with van der Waals surface area (Å²) >= 11 is 0. The van der Waals surface area contributed by atoms with E-state index in [4.69, 9.17) is 10.2 Å². The van der Waals surface area contributed by atoms with E-state index in [1.54, 1.807) is 6.33 Å². The Labute approximate surface area is 167 Å². The molecule has 3 N–H and O–H groups in total. The first-order valence-electron chi connectivity index (χ1n) is 8.86. The normalized spacial score (nSPS) is 10.7. The summed E-state index contributed by atoms with van der Waals surface area (Å²) in [6.45, 7) is 4.02. The van der Waals surface area contributed by atoms with Crippen molar-refractivity contribution < 1.29 is 24.6 Å². The number of aromatic nitrogens is 3. The Kier molecular flexibility index (Phi) is 7.08. The van der Waals surface area contributed by atoms with Crippen LogP contribution in [-0.2, 0) is 34.3 Å². The number of Topliss-reactive ketones (excluding diaryl/α,β-unsaturated/α-hetero) is 1. The van der Waals surface area contributed by atoms with Crippen LogP contribution in [0.2, 0.25) is 0 Å². The van der Waals surface area contributed by atoms with Gasteiger partial charge in [-0.15, -0.1) is 0 Å². The molecule has 0 amide bonds. The third-order valence-electron chi connectivity index (χ3n) is 4.28. The first-order chi connectivity index (χ1) is 13.7. The minimum atomic E-state index is -1.26. The highest BCUT2D eigenvalue weighted by Crippen LogP contribution is 2.23. The molecule has 2 aromatic heterocycles. The van der Waals surface area contributed by atoms with Crippen LogP contribution in [0.25, 0.3) is 10.9 Å². The van der Waals surface area contributed by atoms with Crippen LogP contribution in [0.1, 0.15) is 22.5 Å². The molecule has 0 atom stereocenters. The average Bonchev–Trinajstić information content (AvgIpc) is 3.17. The maximum Gasteiger partial charge on any atom is 0.328 e. The number of nitrogens with zero attached hydrogens (tertiary/aromatic N) is 2. The smallest absolute Gasteiger partial charge is 0.328 e. The minimum absolute atomic E-state index is 0.194. The van der Waals surface area contributed by atoms with Crippen molar-refractivity contribution in [2.75, 3.05) is 0 Å². The number of hydrogen-bond donors (Lipinski definition) is 3. The number of fused-ring (bicyclic) bond motifs is 1. The van der Waals surface area contributed by atoms with Crippen molar-refractivity contribution in [2.24, 2.45) is 7.05 Å². The summed E-state index contributed by atoms with van der Waals surface area (Å²) in [6, 6.07) is 6.36. The predicted molar refractivity (Wildman–Crippen MR) is 108 cm³/mol. The molecular formula is C21H23N3O5. The van der Waals surface area contributed by atoms with E-state index in [0.717, 1.165) is 17.0 Å². The van der Waals surface area contributed by atoms with Gasteiger partial charge in [-0.1, -0.05) is 11.6 Å². The Morgan fingerprint density at radius 2 is 1.76 bits per heavy atom. The number of hydrogen-bond acceptors (Lipinski definition) is 4. The largest absolute Gasteiger partial charge is 0.478 e. The second-order valence-corrected chi connectivity index (χ2v) is 6.66. The number of carbonyl (C=O) groups is 3. The first-order valence-corrected chi connectivity index (χ1v) is 8.86. The van der Waals surface area contributed by atoms with Gasteiger partial charge in [-0.25, -0.2) is 14.6 Å². The number of imidazole rings is 1. The molecule has 0 saturated carbocycles. The number of benzene rings is 1. The van der Waals surface area contributed by atoms with Gasteiger partial charge in [-0.2, -0.15) is 0 Å². The molecule has 0 fully saturated rings. The minimum Gasteiger partial charge on any atom is -0.478 e. The van der Waals surface area contributed by atoms with Crippen molar-refractivity contribution in [2.45, 2.75) is 26.7 Å².